The molecule has 5 nitrogen and oxygen atoms in total. The third-order valence-corrected chi connectivity index (χ3v) is 2.04. The summed E-state index contributed by atoms with van der Waals surface area (Å²) in [5, 5.41) is 2.22. The molecule has 74 valence electrons. The van der Waals surface area contributed by atoms with Crippen LogP contribution in [0.3, 0.4) is 0 Å². The summed E-state index contributed by atoms with van der Waals surface area (Å²) in [6.45, 7) is 5.08. The molecule has 1 rings (SSSR count). The van der Waals surface area contributed by atoms with Crippen LogP contribution in [-0.2, 0) is 4.79 Å². The molecule has 0 unspecified atom stereocenters. The van der Waals surface area contributed by atoms with Gasteiger partial charge in [-0.15, -0.1) is 0 Å². The maximum absolute atomic E-state index is 11.1. The average molecular weight is 185 g/mol. The predicted octanol–water partition coefficient (Wildman–Crippen LogP) is -0.477. The summed E-state index contributed by atoms with van der Waals surface area (Å²) < 4.78 is 0. The van der Waals surface area contributed by atoms with Crippen LogP contribution in [-0.4, -0.2) is 36.5 Å². The van der Waals surface area contributed by atoms with E-state index in [9.17, 15) is 9.59 Å². The Hall–Kier alpha value is -1.10. The maximum Gasteiger partial charge on any atom is 0.324 e. The van der Waals surface area contributed by atoms with Crippen LogP contribution >= 0.6 is 0 Å². The molecule has 5 heteroatoms. The highest BCUT2D eigenvalue weighted by Gasteiger charge is 2.30. The van der Waals surface area contributed by atoms with Crippen LogP contribution in [0.25, 0.3) is 0 Å². The second-order valence-corrected chi connectivity index (χ2v) is 4.08. The number of amides is 3. The second kappa shape index (κ2) is 3.33. The predicted molar refractivity (Wildman–Crippen MR) is 47.9 cm³/mol. The molecule has 1 aliphatic rings. The SMILES string of the molecule is CC(C)(CN)CN1CC(=O)NC1=O. The number of nitrogens with two attached hydrogens (primary N) is 1. The van der Waals surface area contributed by atoms with E-state index >= 15 is 0 Å². The Bertz CT molecular complexity index is 238. The summed E-state index contributed by atoms with van der Waals surface area (Å²) in [6.07, 6.45) is 0. The van der Waals surface area contributed by atoms with Crippen molar-refractivity contribution in [1.82, 2.24) is 10.2 Å². The zero-order valence-corrected chi connectivity index (χ0v) is 7.96. The molecule has 1 saturated heterocycles. The summed E-state index contributed by atoms with van der Waals surface area (Å²) >= 11 is 0. The smallest absolute Gasteiger partial charge is 0.324 e. The lowest BCUT2D eigenvalue weighted by atomic mass is 9.93. The Labute approximate surface area is 77.3 Å². The first-order valence-corrected chi connectivity index (χ1v) is 4.23. The fraction of sp³-hybridized carbons (Fsp3) is 0.750. The van der Waals surface area contributed by atoms with Gasteiger partial charge in [0.2, 0.25) is 5.91 Å². The monoisotopic (exact) mass is 185 g/mol. The van der Waals surface area contributed by atoms with Crippen molar-refractivity contribution < 1.29 is 9.59 Å². The molecule has 1 heterocycles. The highest BCUT2D eigenvalue weighted by Crippen LogP contribution is 2.15. The molecule has 0 saturated carbocycles. The van der Waals surface area contributed by atoms with Gasteiger partial charge in [-0.25, -0.2) is 4.79 Å². The number of carbonyl (C=O) groups excluding carboxylic acids is 2. The van der Waals surface area contributed by atoms with E-state index in [1.165, 1.54) is 4.90 Å². The first-order valence-electron chi connectivity index (χ1n) is 4.23. The van der Waals surface area contributed by atoms with E-state index in [0.717, 1.165) is 0 Å². The van der Waals surface area contributed by atoms with Gasteiger partial charge < -0.3 is 10.6 Å². The third-order valence-electron chi connectivity index (χ3n) is 2.04. The Kier molecular flexibility index (Phi) is 2.56. The fourth-order valence-electron chi connectivity index (χ4n) is 1.19. The van der Waals surface area contributed by atoms with Crippen molar-refractivity contribution in [1.29, 1.82) is 0 Å². The Morgan fingerprint density at radius 2 is 2.15 bits per heavy atom. The Morgan fingerprint density at radius 1 is 1.54 bits per heavy atom. The first-order chi connectivity index (χ1) is 5.94. The van der Waals surface area contributed by atoms with Crippen LogP contribution in [0.1, 0.15) is 13.8 Å². The van der Waals surface area contributed by atoms with Crippen molar-refractivity contribution in [3.05, 3.63) is 0 Å². The summed E-state index contributed by atoms with van der Waals surface area (Å²) in [6, 6.07) is -0.313. The van der Waals surface area contributed by atoms with E-state index in [-0.39, 0.29) is 23.9 Å². The van der Waals surface area contributed by atoms with Gasteiger partial charge in [0.05, 0.1) is 0 Å². The molecule has 13 heavy (non-hydrogen) atoms. The lowest BCUT2D eigenvalue weighted by molar-refractivity contribution is -0.118. The quantitative estimate of drug-likeness (QED) is 0.583. The molecule has 0 aromatic rings. The van der Waals surface area contributed by atoms with Crippen molar-refractivity contribution in [2.24, 2.45) is 11.1 Å². The summed E-state index contributed by atoms with van der Waals surface area (Å²) in [5.74, 6) is -0.238. The van der Waals surface area contributed by atoms with Crippen molar-refractivity contribution in [3.8, 4) is 0 Å². The molecule has 0 bridgehead atoms. The van der Waals surface area contributed by atoms with Gasteiger partial charge in [0.1, 0.15) is 6.54 Å². The highest BCUT2D eigenvalue weighted by molar-refractivity contribution is 6.01. The first kappa shape index (κ1) is 9.98. The summed E-state index contributed by atoms with van der Waals surface area (Å²) in [7, 11) is 0. The standard InChI is InChI=1S/C8H15N3O2/c1-8(2,4-9)5-11-3-6(12)10-7(11)13/h3-5,9H2,1-2H3,(H,10,12,13). The van der Waals surface area contributed by atoms with Gasteiger partial charge in [-0.1, -0.05) is 13.8 Å². The van der Waals surface area contributed by atoms with E-state index in [4.69, 9.17) is 5.73 Å². The number of nitrogens with zero attached hydrogens (tertiary/aromatic N) is 1. The molecule has 0 aromatic heterocycles. The molecule has 0 spiro atoms. The molecule has 0 aliphatic carbocycles. The maximum atomic E-state index is 11.1. The van der Waals surface area contributed by atoms with Gasteiger partial charge in [-0.3, -0.25) is 10.1 Å². The van der Waals surface area contributed by atoms with E-state index < -0.39 is 0 Å². The van der Waals surface area contributed by atoms with Gasteiger partial charge in [0.15, 0.2) is 0 Å². The average Bonchev–Trinajstić information content (AvgIpc) is 2.30. The fourth-order valence-corrected chi connectivity index (χ4v) is 1.19. The van der Waals surface area contributed by atoms with E-state index in [1.807, 2.05) is 13.8 Å². The zero-order chi connectivity index (χ0) is 10.1. The second-order valence-electron chi connectivity index (χ2n) is 4.08. The van der Waals surface area contributed by atoms with Crippen LogP contribution in [0.15, 0.2) is 0 Å². The topological polar surface area (TPSA) is 75.4 Å². The Balaban J connectivity index is 2.55. The number of urea groups is 1. The van der Waals surface area contributed by atoms with Gasteiger partial charge in [-0.2, -0.15) is 0 Å². The lowest BCUT2D eigenvalue weighted by Gasteiger charge is -2.27. The number of nitrogens with one attached hydrogen (secondary N) is 1. The van der Waals surface area contributed by atoms with Crippen LogP contribution in [0.4, 0.5) is 4.79 Å². The summed E-state index contributed by atoms with van der Waals surface area (Å²) in [4.78, 5) is 23.4. The van der Waals surface area contributed by atoms with Gasteiger partial charge in [0.25, 0.3) is 0 Å². The number of carbonyl (C=O) groups is 2. The Morgan fingerprint density at radius 3 is 2.54 bits per heavy atom. The number of rotatable bonds is 3. The van der Waals surface area contributed by atoms with E-state index in [1.54, 1.807) is 0 Å². The minimum atomic E-state index is -0.313. The van der Waals surface area contributed by atoms with Crippen molar-refractivity contribution in [3.63, 3.8) is 0 Å². The van der Waals surface area contributed by atoms with Crippen LogP contribution in [0.5, 0.6) is 0 Å². The molecule has 1 aliphatic heterocycles. The third kappa shape index (κ3) is 2.42. The molecule has 1 fully saturated rings. The lowest BCUT2D eigenvalue weighted by Crippen LogP contribution is -2.40. The van der Waals surface area contributed by atoms with Gasteiger partial charge >= 0.3 is 6.03 Å². The van der Waals surface area contributed by atoms with E-state index in [0.29, 0.717) is 13.1 Å². The molecule has 0 radical (unpaired) electrons. The normalized spacial score (nSPS) is 17.9. The largest absolute Gasteiger partial charge is 0.330 e. The number of hydrogen-bond donors (Lipinski definition) is 2. The zero-order valence-electron chi connectivity index (χ0n) is 7.96. The van der Waals surface area contributed by atoms with E-state index in [2.05, 4.69) is 5.32 Å². The number of hydrogen-bond acceptors (Lipinski definition) is 3. The van der Waals surface area contributed by atoms with Crippen molar-refractivity contribution in [2.45, 2.75) is 13.8 Å². The highest BCUT2D eigenvalue weighted by atomic mass is 16.2. The van der Waals surface area contributed by atoms with Crippen LogP contribution in [0, 0.1) is 5.41 Å². The number of imide groups is 1. The van der Waals surface area contributed by atoms with Crippen LogP contribution < -0.4 is 11.1 Å². The van der Waals surface area contributed by atoms with Crippen molar-refractivity contribution in [2.75, 3.05) is 19.6 Å². The molecule has 0 aromatic carbocycles. The molecular weight excluding hydrogens is 170 g/mol. The minimum Gasteiger partial charge on any atom is -0.330 e. The summed E-state index contributed by atoms with van der Waals surface area (Å²) in [5.41, 5.74) is 5.38. The molecule has 3 amide bonds. The molecule has 0 atom stereocenters. The molecule has 3 N–H and O–H groups in total. The van der Waals surface area contributed by atoms with Crippen molar-refractivity contribution >= 4 is 11.9 Å². The molecular formula is C8H15N3O2. The minimum absolute atomic E-state index is 0.137. The van der Waals surface area contributed by atoms with Gasteiger partial charge in [-0.05, 0) is 12.0 Å². The van der Waals surface area contributed by atoms with Crippen LogP contribution in [0.2, 0.25) is 0 Å². The van der Waals surface area contributed by atoms with Gasteiger partial charge in [0, 0.05) is 6.54 Å².